The Balaban J connectivity index is 0.00000392. The molecule has 0 aliphatic heterocycles. The number of guanidine groups is 1. The van der Waals surface area contributed by atoms with Crippen LogP contribution >= 0.6 is 24.0 Å². The Morgan fingerprint density at radius 2 is 2.07 bits per heavy atom. The van der Waals surface area contributed by atoms with Crippen LogP contribution in [-0.4, -0.2) is 43.6 Å². The van der Waals surface area contributed by atoms with Crippen molar-refractivity contribution in [3.63, 3.8) is 0 Å². The summed E-state index contributed by atoms with van der Waals surface area (Å²) in [7, 11) is 1.67. The fourth-order valence-electron chi connectivity index (χ4n) is 2.55. The third-order valence-corrected chi connectivity index (χ3v) is 3.79. The maximum atomic E-state index is 12.0. The molecule has 0 radical (unpaired) electrons. The van der Waals surface area contributed by atoms with Gasteiger partial charge in [-0.05, 0) is 44.0 Å². The monoisotopic (exact) mass is 497 g/mol. The van der Waals surface area contributed by atoms with Crippen LogP contribution in [0.1, 0.15) is 18.1 Å². The molecule has 1 aromatic carbocycles. The van der Waals surface area contributed by atoms with Crippen molar-refractivity contribution in [2.24, 2.45) is 4.99 Å². The topological polar surface area (TPSA) is 87.6 Å². The second-order valence-electron chi connectivity index (χ2n) is 5.98. The molecule has 152 valence electrons. The van der Waals surface area contributed by atoms with Gasteiger partial charge in [-0.1, -0.05) is 17.7 Å². The van der Waals surface area contributed by atoms with E-state index >= 15 is 0 Å². The van der Waals surface area contributed by atoms with Crippen LogP contribution in [0.4, 0.5) is 5.69 Å². The van der Waals surface area contributed by atoms with Crippen LogP contribution < -0.4 is 20.7 Å². The number of hydrogen-bond donors (Lipinski definition) is 3. The molecular formula is C20H28IN5O2. The Bertz CT molecular complexity index is 768. The third kappa shape index (κ3) is 8.12. The maximum Gasteiger partial charge on any atom is 0.246 e. The third-order valence-electron chi connectivity index (χ3n) is 3.79. The first-order chi connectivity index (χ1) is 13.1. The van der Waals surface area contributed by atoms with Crippen molar-refractivity contribution in [3.05, 3.63) is 53.9 Å². The summed E-state index contributed by atoms with van der Waals surface area (Å²) < 4.78 is 5.41. The second kappa shape index (κ2) is 12.9. The average molecular weight is 497 g/mol. The van der Waals surface area contributed by atoms with E-state index in [1.54, 1.807) is 31.6 Å². The molecule has 3 N–H and O–H groups in total. The molecule has 1 heterocycles. The Morgan fingerprint density at radius 1 is 1.25 bits per heavy atom. The first-order valence-corrected chi connectivity index (χ1v) is 8.98. The van der Waals surface area contributed by atoms with E-state index < -0.39 is 0 Å². The van der Waals surface area contributed by atoms with Gasteiger partial charge in [-0.2, -0.15) is 0 Å². The van der Waals surface area contributed by atoms with Gasteiger partial charge in [0.05, 0.1) is 19.0 Å². The van der Waals surface area contributed by atoms with Gasteiger partial charge in [-0.25, -0.2) is 4.99 Å². The fraction of sp³-hybridized carbons (Fsp3) is 0.350. The van der Waals surface area contributed by atoms with Crippen LogP contribution in [0.25, 0.3) is 0 Å². The second-order valence-corrected chi connectivity index (χ2v) is 5.98. The summed E-state index contributed by atoms with van der Waals surface area (Å²) in [5.74, 6) is 1.28. The highest BCUT2D eigenvalue weighted by Crippen LogP contribution is 2.19. The molecule has 7 nitrogen and oxygen atoms in total. The lowest BCUT2D eigenvalue weighted by molar-refractivity contribution is -0.114. The van der Waals surface area contributed by atoms with Crippen LogP contribution in [0.5, 0.6) is 5.75 Å². The highest BCUT2D eigenvalue weighted by atomic mass is 127. The van der Waals surface area contributed by atoms with Crippen molar-refractivity contribution >= 4 is 41.5 Å². The van der Waals surface area contributed by atoms with Crippen LogP contribution in [-0.2, 0) is 11.2 Å². The number of carbonyl (C=O) groups excluding carboxylic acids is 1. The zero-order valence-corrected chi connectivity index (χ0v) is 18.8. The molecule has 8 heteroatoms. The molecule has 0 saturated carbocycles. The largest absolute Gasteiger partial charge is 0.496 e. The highest BCUT2D eigenvalue weighted by Gasteiger charge is 2.05. The number of ether oxygens (including phenoxy) is 1. The number of rotatable bonds is 8. The highest BCUT2D eigenvalue weighted by molar-refractivity contribution is 14.0. The van der Waals surface area contributed by atoms with E-state index in [0.717, 1.165) is 17.7 Å². The number of anilines is 1. The van der Waals surface area contributed by atoms with Crippen LogP contribution in [0.3, 0.4) is 0 Å². The lowest BCUT2D eigenvalue weighted by atomic mass is 10.1. The number of methoxy groups -OCH3 is 1. The number of aromatic nitrogens is 1. The minimum absolute atomic E-state index is 0. The van der Waals surface area contributed by atoms with Gasteiger partial charge in [0.2, 0.25) is 5.91 Å². The summed E-state index contributed by atoms with van der Waals surface area (Å²) in [6.45, 7) is 5.46. The molecule has 0 saturated heterocycles. The zero-order valence-electron chi connectivity index (χ0n) is 16.5. The minimum atomic E-state index is -0.194. The number of halogens is 1. The molecule has 1 aromatic heterocycles. The SMILES string of the molecule is CCNC(=NCC(=O)Nc1cccnc1)NCCc1cc(C)ccc1OC.I. The van der Waals surface area contributed by atoms with E-state index in [2.05, 4.69) is 38.9 Å². The van der Waals surface area contributed by atoms with Gasteiger partial charge in [-0.3, -0.25) is 9.78 Å². The molecule has 0 atom stereocenters. The zero-order chi connectivity index (χ0) is 19.5. The van der Waals surface area contributed by atoms with E-state index in [0.29, 0.717) is 24.7 Å². The number of benzene rings is 1. The molecular weight excluding hydrogens is 469 g/mol. The van der Waals surface area contributed by atoms with Crippen LogP contribution in [0.2, 0.25) is 0 Å². The number of aryl methyl sites for hydroxylation is 1. The number of nitrogens with one attached hydrogen (secondary N) is 3. The smallest absolute Gasteiger partial charge is 0.246 e. The molecule has 2 aromatic rings. The molecule has 0 bridgehead atoms. The predicted octanol–water partition coefficient (Wildman–Crippen LogP) is 2.75. The summed E-state index contributed by atoms with van der Waals surface area (Å²) in [6.07, 6.45) is 4.04. The van der Waals surface area contributed by atoms with Gasteiger partial charge in [0.25, 0.3) is 0 Å². The molecule has 0 fully saturated rings. The quantitative estimate of drug-likeness (QED) is 0.297. The average Bonchev–Trinajstić information content (AvgIpc) is 2.67. The van der Waals surface area contributed by atoms with Gasteiger partial charge < -0.3 is 20.7 Å². The Kier molecular flexibility index (Phi) is 10.9. The minimum Gasteiger partial charge on any atom is -0.496 e. The molecule has 0 unspecified atom stereocenters. The van der Waals surface area contributed by atoms with Gasteiger partial charge in [0.15, 0.2) is 5.96 Å². The number of hydrogen-bond acceptors (Lipinski definition) is 4. The van der Waals surface area contributed by atoms with E-state index in [-0.39, 0.29) is 36.4 Å². The van der Waals surface area contributed by atoms with Crippen molar-refractivity contribution in [1.29, 1.82) is 0 Å². The normalized spacial score (nSPS) is 10.6. The number of nitrogens with zero attached hydrogens (tertiary/aromatic N) is 2. The molecule has 1 amide bonds. The summed E-state index contributed by atoms with van der Waals surface area (Å²) in [6, 6.07) is 9.68. The molecule has 28 heavy (non-hydrogen) atoms. The number of pyridine rings is 1. The Morgan fingerprint density at radius 3 is 2.75 bits per heavy atom. The van der Waals surface area contributed by atoms with Gasteiger partial charge in [0.1, 0.15) is 12.3 Å². The van der Waals surface area contributed by atoms with Gasteiger partial charge in [0, 0.05) is 19.3 Å². The Hall–Kier alpha value is -2.36. The number of amides is 1. The van der Waals surface area contributed by atoms with E-state index in [9.17, 15) is 4.79 Å². The summed E-state index contributed by atoms with van der Waals surface area (Å²) in [5, 5.41) is 9.16. The number of aliphatic imine (C=N–C) groups is 1. The van der Waals surface area contributed by atoms with Gasteiger partial charge >= 0.3 is 0 Å². The van der Waals surface area contributed by atoms with E-state index in [4.69, 9.17) is 4.74 Å². The van der Waals surface area contributed by atoms with E-state index in [1.807, 2.05) is 19.1 Å². The maximum absolute atomic E-state index is 12.0. The molecule has 0 aliphatic carbocycles. The first-order valence-electron chi connectivity index (χ1n) is 8.98. The molecule has 2 rings (SSSR count). The summed E-state index contributed by atoms with van der Waals surface area (Å²) >= 11 is 0. The molecule has 0 spiro atoms. The van der Waals surface area contributed by atoms with Crippen molar-refractivity contribution in [1.82, 2.24) is 15.6 Å². The van der Waals surface area contributed by atoms with Crippen molar-refractivity contribution in [2.75, 3.05) is 32.1 Å². The first kappa shape index (κ1) is 23.7. The number of carbonyl (C=O) groups is 1. The van der Waals surface area contributed by atoms with Crippen LogP contribution in [0.15, 0.2) is 47.7 Å². The predicted molar refractivity (Wildman–Crippen MR) is 124 cm³/mol. The lowest BCUT2D eigenvalue weighted by Crippen LogP contribution is -2.39. The van der Waals surface area contributed by atoms with Crippen LogP contribution in [0, 0.1) is 6.92 Å². The van der Waals surface area contributed by atoms with Crippen molar-refractivity contribution in [3.8, 4) is 5.75 Å². The summed E-state index contributed by atoms with van der Waals surface area (Å²) in [4.78, 5) is 20.3. The standard InChI is InChI=1S/C20H27N5O2.HI/c1-4-22-20(24-14-19(26)25-17-6-5-10-21-13-17)23-11-9-16-12-15(2)7-8-18(16)27-3;/h5-8,10,12-13H,4,9,11,14H2,1-3H3,(H,25,26)(H2,22,23,24);1H. The summed E-state index contributed by atoms with van der Waals surface area (Å²) in [5.41, 5.74) is 2.98. The van der Waals surface area contributed by atoms with E-state index in [1.165, 1.54) is 5.56 Å². The fourth-order valence-corrected chi connectivity index (χ4v) is 2.55. The van der Waals surface area contributed by atoms with Gasteiger partial charge in [-0.15, -0.1) is 24.0 Å². The Labute approximate surface area is 183 Å². The lowest BCUT2D eigenvalue weighted by Gasteiger charge is -2.13. The molecule has 0 aliphatic rings. The van der Waals surface area contributed by atoms with Crippen molar-refractivity contribution < 1.29 is 9.53 Å². The van der Waals surface area contributed by atoms with Crippen molar-refractivity contribution in [2.45, 2.75) is 20.3 Å².